The van der Waals surface area contributed by atoms with Crippen LogP contribution in [0.4, 0.5) is 4.39 Å². The van der Waals surface area contributed by atoms with Crippen molar-refractivity contribution < 1.29 is 9.13 Å². The molecule has 0 amide bonds. The molecular formula is C16H26FNO. The van der Waals surface area contributed by atoms with Crippen molar-refractivity contribution in [3.05, 3.63) is 35.6 Å². The van der Waals surface area contributed by atoms with Crippen molar-refractivity contribution in [2.45, 2.75) is 39.2 Å². The van der Waals surface area contributed by atoms with Crippen LogP contribution in [0.25, 0.3) is 0 Å². The van der Waals surface area contributed by atoms with E-state index in [1.54, 1.807) is 19.2 Å². The first-order chi connectivity index (χ1) is 8.90. The van der Waals surface area contributed by atoms with Gasteiger partial charge in [0.2, 0.25) is 0 Å². The van der Waals surface area contributed by atoms with Gasteiger partial charge in [-0.2, -0.15) is 0 Å². The van der Waals surface area contributed by atoms with E-state index in [1.807, 2.05) is 6.07 Å². The van der Waals surface area contributed by atoms with Gasteiger partial charge < -0.3 is 10.1 Å². The predicted octanol–water partition coefficient (Wildman–Crippen LogP) is 3.41. The third-order valence-electron chi connectivity index (χ3n) is 3.06. The summed E-state index contributed by atoms with van der Waals surface area (Å²) in [6.45, 7) is 8.13. The minimum absolute atomic E-state index is 0.104. The van der Waals surface area contributed by atoms with Gasteiger partial charge in [0.25, 0.3) is 0 Å². The van der Waals surface area contributed by atoms with Gasteiger partial charge in [-0.25, -0.2) is 4.39 Å². The van der Waals surface area contributed by atoms with Crippen LogP contribution in [0.3, 0.4) is 0 Å². The number of hydrogen-bond donors (Lipinski definition) is 1. The topological polar surface area (TPSA) is 21.3 Å². The van der Waals surface area contributed by atoms with Crippen LogP contribution in [-0.2, 0) is 11.2 Å². The largest absolute Gasteiger partial charge is 0.385 e. The molecule has 0 fully saturated rings. The highest BCUT2D eigenvalue weighted by molar-refractivity contribution is 5.16. The van der Waals surface area contributed by atoms with Gasteiger partial charge in [0.1, 0.15) is 5.82 Å². The standard InChI is InChI=1S/C16H26FNO/c1-16(2,3)18-12-14(8-9-19-4)10-13-6-5-7-15(17)11-13/h5-7,11,14,18H,8-10,12H2,1-4H3. The first-order valence-electron chi connectivity index (χ1n) is 6.89. The van der Waals surface area contributed by atoms with E-state index in [9.17, 15) is 4.39 Å². The van der Waals surface area contributed by atoms with Crippen LogP contribution in [0.1, 0.15) is 32.8 Å². The lowest BCUT2D eigenvalue weighted by molar-refractivity contribution is 0.173. The van der Waals surface area contributed by atoms with E-state index in [-0.39, 0.29) is 11.4 Å². The van der Waals surface area contributed by atoms with Gasteiger partial charge in [-0.15, -0.1) is 0 Å². The molecule has 108 valence electrons. The highest BCUT2D eigenvalue weighted by atomic mass is 19.1. The summed E-state index contributed by atoms with van der Waals surface area (Å²) in [4.78, 5) is 0. The molecule has 1 unspecified atom stereocenters. The monoisotopic (exact) mass is 267 g/mol. The number of methoxy groups -OCH3 is 1. The summed E-state index contributed by atoms with van der Waals surface area (Å²) < 4.78 is 18.4. The maximum atomic E-state index is 13.2. The lowest BCUT2D eigenvalue weighted by Crippen LogP contribution is -2.39. The molecule has 0 spiro atoms. The van der Waals surface area contributed by atoms with E-state index >= 15 is 0 Å². The molecule has 0 aliphatic carbocycles. The second-order valence-corrected chi connectivity index (χ2v) is 6.11. The van der Waals surface area contributed by atoms with Gasteiger partial charge >= 0.3 is 0 Å². The molecule has 2 nitrogen and oxygen atoms in total. The molecule has 0 aliphatic rings. The van der Waals surface area contributed by atoms with E-state index in [4.69, 9.17) is 4.74 Å². The summed E-state index contributed by atoms with van der Waals surface area (Å²) >= 11 is 0. The number of benzene rings is 1. The average molecular weight is 267 g/mol. The summed E-state index contributed by atoms with van der Waals surface area (Å²) in [5.74, 6) is 0.299. The molecule has 0 heterocycles. The van der Waals surface area contributed by atoms with Gasteiger partial charge in [0.15, 0.2) is 0 Å². The highest BCUT2D eigenvalue weighted by Gasteiger charge is 2.15. The Labute approximate surface area is 116 Å². The summed E-state index contributed by atoms with van der Waals surface area (Å²) in [6.07, 6.45) is 1.86. The van der Waals surface area contributed by atoms with Crippen LogP contribution in [0.15, 0.2) is 24.3 Å². The van der Waals surface area contributed by atoms with Crippen molar-refractivity contribution in [1.29, 1.82) is 0 Å². The van der Waals surface area contributed by atoms with Crippen LogP contribution in [0.2, 0.25) is 0 Å². The third kappa shape index (κ3) is 7.28. The molecule has 0 radical (unpaired) electrons. The lowest BCUT2D eigenvalue weighted by Gasteiger charge is -2.25. The summed E-state index contributed by atoms with van der Waals surface area (Å²) in [6, 6.07) is 6.87. The van der Waals surface area contributed by atoms with Crippen molar-refractivity contribution in [2.75, 3.05) is 20.3 Å². The maximum Gasteiger partial charge on any atom is 0.123 e. The molecule has 1 aromatic rings. The Morgan fingerprint density at radius 3 is 2.63 bits per heavy atom. The van der Waals surface area contributed by atoms with Crippen LogP contribution in [0, 0.1) is 11.7 Å². The smallest absolute Gasteiger partial charge is 0.123 e. The Morgan fingerprint density at radius 2 is 2.05 bits per heavy atom. The Bertz CT molecular complexity index is 373. The number of halogens is 1. The molecule has 3 heteroatoms. The number of rotatable bonds is 7. The Hall–Kier alpha value is -0.930. The normalized spacial score (nSPS) is 13.5. The van der Waals surface area contributed by atoms with Crippen LogP contribution in [-0.4, -0.2) is 25.8 Å². The molecule has 0 bridgehead atoms. The molecule has 0 saturated carbocycles. The van der Waals surface area contributed by atoms with Crippen molar-refractivity contribution in [3.8, 4) is 0 Å². The molecule has 0 aromatic heterocycles. The third-order valence-corrected chi connectivity index (χ3v) is 3.06. The van der Waals surface area contributed by atoms with Gasteiger partial charge in [-0.1, -0.05) is 12.1 Å². The molecule has 1 aromatic carbocycles. The van der Waals surface area contributed by atoms with Crippen molar-refractivity contribution in [1.82, 2.24) is 5.32 Å². The zero-order valence-electron chi connectivity index (χ0n) is 12.5. The molecular weight excluding hydrogens is 241 g/mol. The maximum absolute atomic E-state index is 13.2. The zero-order chi connectivity index (χ0) is 14.3. The molecule has 0 saturated heterocycles. The summed E-state index contributed by atoms with van der Waals surface area (Å²) in [7, 11) is 1.72. The molecule has 1 N–H and O–H groups in total. The van der Waals surface area contributed by atoms with E-state index in [0.29, 0.717) is 5.92 Å². The lowest BCUT2D eigenvalue weighted by atomic mass is 9.95. The Balaban J connectivity index is 2.58. The van der Waals surface area contributed by atoms with Gasteiger partial charge in [-0.3, -0.25) is 0 Å². The number of nitrogens with one attached hydrogen (secondary N) is 1. The number of hydrogen-bond acceptors (Lipinski definition) is 2. The fraction of sp³-hybridized carbons (Fsp3) is 0.625. The fourth-order valence-electron chi connectivity index (χ4n) is 2.01. The molecule has 0 aliphatic heterocycles. The van der Waals surface area contributed by atoms with Gasteiger partial charge in [0, 0.05) is 19.3 Å². The average Bonchev–Trinajstić information content (AvgIpc) is 2.31. The van der Waals surface area contributed by atoms with Gasteiger partial charge in [0.05, 0.1) is 0 Å². The van der Waals surface area contributed by atoms with Gasteiger partial charge in [-0.05, 0) is 63.8 Å². The number of ether oxygens (including phenoxy) is 1. The van der Waals surface area contributed by atoms with Crippen LogP contribution < -0.4 is 5.32 Å². The zero-order valence-corrected chi connectivity index (χ0v) is 12.5. The van der Waals surface area contributed by atoms with Crippen molar-refractivity contribution in [3.63, 3.8) is 0 Å². The second kappa shape index (κ2) is 7.61. The van der Waals surface area contributed by atoms with Crippen molar-refractivity contribution in [2.24, 2.45) is 5.92 Å². The molecule has 1 rings (SSSR count). The summed E-state index contributed by atoms with van der Waals surface area (Å²) in [5.41, 5.74) is 1.16. The first kappa shape index (κ1) is 16.1. The van der Waals surface area contributed by atoms with Crippen LogP contribution >= 0.6 is 0 Å². The molecule has 1 atom stereocenters. The predicted molar refractivity (Wildman–Crippen MR) is 77.8 cm³/mol. The molecule has 19 heavy (non-hydrogen) atoms. The van der Waals surface area contributed by atoms with Crippen molar-refractivity contribution >= 4 is 0 Å². The van der Waals surface area contributed by atoms with E-state index in [0.717, 1.165) is 31.6 Å². The van der Waals surface area contributed by atoms with E-state index < -0.39 is 0 Å². The quantitative estimate of drug-likeness (QED) is 0.817. The minimum atomic E-state index is -0.160. The minimum Gasteiger partial charge on any atom is -0.385 e. The summed E-state index contributed by atoms with van der Waals surface area (Å²) in [5, 5.41) is 3.52. The van der Waals surface area contributed by atoms with Crippen LogP contribution in [0.5, 0.6) is 0 Å². The second-order valence-electron chi connectivity index (χ2n) is 6.11. The first-order valence-corrected chi connectivity index (χ1v) is 6.89. The Kier molecular flexibility index (Phi) is 6.46. The SMILES string of the molecule is COCCC(CNC(C)(C)C)Cc1cccc(F)c1. The fourth-order valence-corrected chi connectivity index (χ4v) is 2.01. The highest BCUT2D eigenvalue weighted by Crippen LogP contribution is 2.14. The van der Waals surface area contributed by atoms with E-state index in [1.165, 1.54) is 6.07 Å². The Morgan fingerprint density at radius 1 is 1.32 bits per heavy atom. The van der Waals surface area contributed by atoms with E-state index in [2.05, 4.69) is 26.1 Å².